The molecule has 0 aliphatic heterocycles. The van der Waals surface area contributed by atoms with E-state index in [1.54, 1.807) is 0 Å². The average Bonchev–Trinajstić information content (AvgIpc) is 1.83. The van der Waals surface area contributed by atoms with Gasteiger partial charge in [-0.05, 0) is 6.42 Å². The molecule has 3 heteroatoms. The quantitative estimate of drug-likeness (QED) is 0.468. The predicted molar refractivity (Wildman–Crippen MR) is 28.5 cm³/mol. The molecule has 1 unspecified atom stereocenters. The van der Waals surface area contributed by atoms with Crippen LogP contribution in [0.1, 0.15) is 6.42 Å². The van der Waals surface area contributed by atoms with Crippen molar-refractivity contribution in [3.05, 3.63) is 6.61 Å². The maximum Gasteiger partial charge on any atom is 0.0853 e. The zero-order valence-corrected chi connectivity index (χ0v) is 4.62. The van der Waals surface area contributed by atoms with Crippen molar-refractivity contribution >= 4 is 0 Å². The molecule has 0 amide bonds. The van der Waals surface area contributed by atoms with Gasteiger partial charge in [-0.15, -0.1) is 0 Å². The van der Waals surface area contributed by atoms with Crippen LogP contribution < -0.4 is 0 Å². The lowest BCUT2D eigenvalue weighted by molar-refractivity contribution is 0.163. The van der Waals surface area contributed by atoms with E-state index >= 15 is 0 Å². The summed E-state index contributed by atoms with van der Waals surface area (Å²) in [5.41, 5.74) is 0. The van der Waals surface area contributed by atoms with Crippen LogP contribution in [-0.2, 0) is 0 Å². The summed E-state index contributed by atoms with van der Waals surface area (Å²) >= 11 is 0. The molecule has 0 aromatic rings. The van der Waals surface area contributed by atoms with Crippen molar-refractivity contribution in [1.82, 2.24) is 0 Å². The van der Waals surface area contributed by atoms with Gasteiger partial charge in [-0.25, -0.2) is 0 Å². The molecule has 1 atom stereocenters. The number of hydrogen-bond donors (Lipinski definition) is 3. The van der Waals surface area contributed by atoms with E-state index < -0.39 is 0 Å². The molecule has 0 aromatic heterocycles. The molecule has 0 saturated carbocycles. The Morgan fingerprint density at radius 3 is 2.12 bits per heavy atom. The van der Waals surface area contributed by atoms with Crippen molar-refractivity contribution < 1.29 is 15.3 Å². The van der Waals surface area contributed by atoms with Crippen molar-refractivity contribution in [2.24, 2.45) is 5.92 Å². The van der Waals surface area contributed by atoms with Crippen molar-refractivity contribution in [3.8, 4) is 0 Å². The van der Waals surface area contributed by atoms with E-state index in [1.165, 1.54) is 0 Å². The minimum absolute atomic E-state index is 0.00227. The molecule has 0 saturated heterocycles. The first-order valence-corrected chi connectivity index (χ1v) is 2.54. The van der Waals surface area contributed by atoms with Crippen LogP contribution in [0, 0.1) is 12.5 Å². The summed E-state index contributed by atoms with van der Waals surface area (Å²) < 4.78 is 0. The van der Waals surface area contributed by atoms with Crippen LogP contribution >= 0.6 is 0 Å². The molecule has 0 aliphatic rings. The summed E-state index contributed by atoms with van der Waals surface area (Å²) in [5.74, 6) is -0.264. The summed E-state index contributed by atoms with van der Waals surface area (Å²) in [6, 6.07) is 0. The molecule has 0 fully saturated rings. The second kappa shape index (κ2) is 5.03. The third kappa shape index (κ3) is 2.96. The summed E-state index contributed by atoms with van der Waals surface area (Å²) in [7, 11) is 0. The van der Waals surface area contributed by atoms with Gasteiger partial charge in [0.25, 0.3) is 0 Å². The highest BCUT2D eigenvalue weighted by Crippen LogP contribution is 2.01. The van der Waals surface area contributed by atoms with Crippen molar-refractivity contribution in [2.75, 3.05) is 13.2 Å². The van der Waals surface area contributed by atoms with E-state index in [0.29, 0.717) is 6.42 Å². The minimum Gasteiger partial charge on any atom is -0.396 e. The molecule has 0 aromatic carbocycles. The van der Waals surface area contributed by atoms with Gasteiger partial charge >= 0.3 is 0 Å². The Morgan fingerprint density at radius 1 is 1.38 bits per heavy atom. The molecule has 1 radical (unpaired) electrons. The fraction of sp³-hybridized carbons (Fsp3) is 0.800. The fourth-order valence-corrected chi connectivity index (χ4v) is 0.379. The lowest BCUT2D eigenvalue weighted by atomic mass is 10.1. The first kappa shape index (κ1) is 7.88. The first-order valence-electron chi connectivity index (χ1n) is 2.54. The van der Waals surface area contributed by atoms with Crippen LogP contribution in [0.25, 0.3) is 0 Å². The second-order valence-electron chi connectivity index (χ2n) is 1.60. The van der Waals surface area contributed by atoms with Gasteiger partial charge in [0, 0.05) is 19.1 Å². The topological polar surface area (TPSA) is 60.7 Å². The molecule has 8 heavy (non-hydrogen) atoms. The molecule has 0 spiro atoms. The van der Waals surface area contributed by atoms with E-state index in [0.717, 1.165) is 6.61 Å². The van der Waals surface area contributed by atoms with Crippen LogP contribution in [0.3, 0.4) is 0 Å². The third-order valence-corrected chi connectivity index (χ3v) is 0.945. The van der Waals surface area contributed by atoms with Crippen LogP contribution in [0.15, 0.2) is 0 Å². The lowest BCUT2D eigenvalue weighted by Gasteiger charge is -2.05. The summed E-state index contributed by atoms with van der Waals surface area (Å²) in [6.45, 7) is 0.801. The Labute approximate surface area is 48.6 Å². The van der Waals surface area contributed by atoms with Gasteiger partial charge in [0.2, 0.25) is 0 Å². The van der Waals surface area contributed by atoms with E-state index in [4.69, 9.17) is 15.3 Å². The van der Waals surface area contributed by atoms with Crippen molar-refractivity contribution in [2.45, 2.75) is 6.42 Å². The normalized spacial score (nSPS) is 10.5. The Morgan fingerprint density at radius 2 is 2.00 bits per heavy atom. The third-order valence-electron chi connectivity index (χ3n) is 0.945. The van der Waals surface area contributed by atoms with Crippen LogP contribution in [0.5, 0.6) is 0 Å². The molecular formula is C5H11O3. The molecule has 0 rings (SSSR count). The van der Waals surface area contributed by atoms with Gasteiger partial charge in [-0.2, -0.15) is 0 Å². The van der Waals surface area contributed by atoms with Crippen LogP contribution in [-0.4, -0.2) is 28.5 Å². The fourth-order valence-electron chi connectivity index (χ4n) is 0.379. The Balaban J connectivity index is 3.07. The Bertz CT molecular complexity index is 42.9. The molecule has 0 bridgehead atoms. The Kier molecular flexibility index (Phi) is 4.95. The van der Waals surface area contributed by atoms with E-state index in [-0.39, 0.29) is 19.1 Å². The molecule has 3 N–H and O–H groups in total. The molecule has 0 heterocycles. The second-order valence-corrected chi connectivity index (χ2v) is 1.60. The zero-order chi connectivity index (χ0) is 6.41. The first-order chi connectivity index (χ1) is 3.85. The minimum atomic E-state index is -0.264. The monoisotopic (exact) mass is 119 g/mol. The maximum atomic E-state index is 8.35. The van der Waals surface area contributed by atoms with E-state index in [2.05, 4.69) is 0 Å². The summed E-state index contributed by atoms with van der Waals surface area (Å²) in [5, 5.41) is 24.9. The summed E-state index contributed by atoms with van der Waals surface area (Å²) in [6.07, 6.45) is 0.424. The van der Waals surface area contributed by atoms with Crippen molar-refractivity contribution in [1.29, 1.82) is 0 Å². The number of aliphatic hydroxyl groups excluding tert-OH is 3. The molecule has 0 aliphatic carbocycles. The van der Waals surface area contributed by atoms with Gasteiger partial charge in [0.15, 0.2) is 0 Å². The number of rotatable bonds is 4. The largest absolute Gasteiger partial charge is 0.396 e. The highest BCUT2D eigenvalue weighted by atomic mass is 16.3. The SMILES string of the molecule is O[CH]C(CO)CCO. The standard InChI is InChI=1S/C5H11O3/c6-2-1-5(3-7)4-8/h3,5-8H,1-2,4H2. The van der Waals surface area contributed by atoms with Crippen LogP contribution in [0.2, 0.25) is 0 Å². The highest BCUT2D eigenvalue weighted by molar-refractivity contribution is 4.62. The Hall–Kier alpha value is -0.120. The maximum absolute atomic E-state index is 8.35. The average molecular weight is 119 g/mol. The van der Waals surface area contributed by atoms with Gasteiger partial charge in [-0.1, -0.05) is 0 Å². The van der Waals surface area contributed by atoms with Gasteiger partial charge in [-0.3, -0.25) is 0 Å². The molecule has 49 valence electrons. The van der Waals surface area contributed by atoms with Crippen LogP contribution in [0.4, 0.5) is 0 Å². The zero-order valence-electron chi connectivity index (χ0n) is 4.62. The number of hydrogen-bond acceptors (Lipinski definition) is 3. The predicted octanol–water partition coefficient (Wildman–Crippen LogP) is -0.488. The van der Waals surface area contributed by atoms with Crippen molar-refractivity contribution in [3.63, 3.8) is 0 Å². The smallest absolute Gasteiger partial charge is 0.0853 e. The van der Waals surface area contributed by atoms with E-state index in [9.17, 15) is 0 Å². The van der Waals surface area contributed by atoms with Gasteiger partial charge in [0.1, 0.15) is 0 Å². The van der Waals surface area contributed by atoms with Gasteiger partial charge in [0.05, 0.1) is 6.61 Å². The molecule has 3 nitrogen and oxygen atoms in total. The molecular weight excluding hydrogens is 108 g/mol. The van der Waals surface area contributed by atoms with E-state index in [1.807, 2.05) is 0 Å². The lowest BCUT2D eigenvalue weighted by Crippen LogP contribution is -2.07. The van der Waals surface area contributed by atoms with Gasteiger partial charge < -0.3 is 15.3 Å². The highest BCUT2D eigenvalue weighted by Gasteiger charge is 2.03. The number of aliphatic hydroxyl groups is 3. The summed E-state index contributed by atoms with van der Waals surface area (Å²) in [4.78, 5) is 0.